The Bertz CT molecular complexity index is 676. The van der Waals surface area contributed by atoms with E-state index >= 15 is 0 Å². The lowest BCUT2D eigenvalue weighted by Crippen LogP contribution is -2.41. The minimum atomic E-state index is -0.430. The molecule has 2 aromatic rings. The number of nitrogen functional groups attached to an aromatic ring is 1. The van der Waals surface area contributed by atoms with Gasteiger partial charge in [0, 0.05) is 16.8 Å². The molecule has 0 spiro atoms. The number of amides is 1. The topological polar surface area (TPSA) is 64.3 Å². The van der Waals surface area contributed by atoms with Crippen LogP contribution in [0.3, 0.4) is 0 Å². The molecule has 0 saturated heterocycles. The van der Waals surface area contributed by atoms with Crippen molar-refractivity contribution in [1.82, 2.24) is 5.32 Å². The average molecular weight is 312 g/mol. The van der Waals surface area contributed by atoms with E-state index in [1.807, 2.05) is 76.2 Å². The molecule has 0 radical (unpaired) electrons. The van der Waals surface area contributed by atoms with Crippen molar-refractivity contribution in [3.63, 3.8) is 0 Å². The van der Waals surface area contributed by atoms with E-state index < -0.39 is 6.09 Å². The Morgan fingerprint density at radius 2 is 1.78 bits per heavy atom. The molecule has 0 heterocycles. The van der Waals surface area contributed by atoms with E-state index in [2.05, 4.69) is 5.32 Å². The van der Waals surface area contributed by atoms with Crippen LogP contribution in [-0.4, -0.2) is 11.6 Å². The molecule has 23 heavy (non-hydrogen) atoms. The summed E-state index contributed by atoms with van der Waals surface area (Å²) in [4.78, 5) is 12.0. The summed E-state index contributed by atoms with van der Waals surface area (Å²) in [6.07, 6.45) is -0.811. The van der Waals surface area contributed by atoms with Gasteiger partial charge in [0.2, 0.25) is 0 Å². The summed E-state index contributed by atoms with van der Waals surface area (Å²) in [6, 6.07) is 15.6. The molecule has 122 valence electrons. The van der Waals surface area contributed by atoms with Crippen molar-refractivity contribution in [1.29, 1.82) is 0 Å². The SMILES string of the molecule is CC(OC(=O)NC(C)(C)C)c1ccc(N)cc1-c1ccccc1. The minimum absolute atomic E-state index is 0.333. The highest BCUT2D eigenvalue weighted by molar-refractivity contribution is 5.73. The largest absolute Gasteiger partial charge is 0.442 e. The molecule has 0 fully saturated rings. The quantitative estimate of drug-likeness (QED) is 0.819. The van der Waals surface area contributed by atoms with Gasteiger partial charge >= 0.3 is 6.09 Å². The summed E-state index contributed by atoms with van der Waals surface area (Å²) in [7, 11) is 0. The van der Waals surface area contributed by atoms with Gasteiger partial charge in [0.05, 0.1) is 0 Å². The number of rotatable bonds is 3. The van der Waals surface area contributed by atoms with Gasteiger partial charge in [0.1, 0.15) is 6.10 Å². The van der Waals surface area contributed by atoms with E-state index in [1.54, 1.807) is 0 Å². The lowest BCUT2D eigenvalue weighted by atomic mass is 9.96. The zero-order valence-electron chi connectivity index (χ0n) is 14.1. The van der Waals surface area contributed by atoms with Crippen molar-refractivity contribution in [2.75, 3.05) is 5.73 Å². The highest BCUT2D eigenvalue weighted by Crippen LogP contribution is 2.31. The van der Waals surface area contributed by atoms with Crippen LogP contribution >= 0.6 is 0 Å². The number of nitrogens with two attached hydrogens (primary N) is 1. The molecule has 1 unspecified atom stereocenters. The van der Waals surface area contributed by atoms with E-state index in [0.717, 1.165) is 16.7 Å². The fourth-order valence-electron chi connectivity index (χ4n) is 2.36. The number of anilines is 1. The third kappa shape index (κ3) is 4.74. The van der Waals surface area contributed by atoms with Gasteiger partial charge in [0.15, 0.2) is 0 Å². The maximum absolute atomic E-state index is 12.0. The lowest BCUT2D eigenvalue weighted by molar-refractivity contribution is 0.100. The number of nitrogens with one attached hydrogen (secondary N) is 1. The van der Waals surface area contributed by atoms with Crippen molar-refractivity contribution in [3.05, 3.63) is 54.1 Å². The Labute approximate surface area is 137 Å². The molecule has 0 aliphatic heterocycles. The maximum atomic E-state index is 12.0. The van der Waals surface area contributed by atoms with Crippen LogP contribution in [0.1, 0.15) is 39.4 Å². The Balaban J connectivity index is 2.27. The van der Waals surface area contributed by atoms with Crippen LogP contribution in [0.25, 0.3) is 11.1 Å². The maximum Gasteiger partial charge on any atom is 0.408 e. The summed E-state index contributed by atoms with van der Waals surface area (Å²) in [6.45, 7) is 7.60. The second-order valence-electron chi connectivity index (χ2n) is 6.64. The number of benzene rings is 2. The van der Waals surface area contributed by atoms with Crippen LogP contribution in [0.5, 0.6) is 0 Å². The van der Waals surface area contributed by atoms with Crippen molar-refractivity contribution in [2.24, 2.45) is 0 Å². The van der Waals surface area contributed by atoms with Crippen molar-refractivity contribution in [3.8, 4) is 11.1 Å². The Morgan fingerprint density at radius 1 is 1.13 bits per heavy atom. The number of hydrogen-bond donors (Lipinski definition) is 2. The van der Waals surface area contributed by atoms with Gasteiger partial charge in [0.25, 0.3) is 0 Å². The predicted molar refractivity (Wildman–Crippen MR) is 94.1 cm³/mol. The predicted octanol–water partition coefficient (Wildman–Crippen LogP) is 4.52. The van der Waals surface area contributed by atoms with E-state index in [1.165, 1.54) is 0 Å². The molecule has 3 N–H and O–H groups in total. The normalized spacial score (nSPS) is 12.5. The molecular formula is C19H24N2O2. The van der Waals surface area contributed by atoms with Crippen molar-refractivity contribution < 1.29 is 9.53 Å². The molecule has 2 aromatic carbocycles. The summed E-state index contributed by atoms with van der Waals surface area (Å²) >= 11 is 0. The Morgan fingerprint density at radius 3 is 2.39 bits per heavy atom. The molecule has 4 nitrogen and oxygen atoms in total. The fraction of sp³-hybridized carbons (Fsp3) is 0.316. The summed E-state index contributed by atoms with van der Waals surface area (Å²) < 4.78 is 5.52. The average Bonchev–Trinajstić information content (AvgIpc) is 2.45. The molecule has 1 amide bonds. The number of ether oxygens (including phenoxy) is 1. The molecule has 2 rings (SSSR count). The second kappa shape index (κ2) is 6.73. The minimum Gasteiger partial charge on any atom is -0.442 e. The smallest absolute Gasteiger partial charge is 0.408 e. The number of carbonyl (C=O) groups is 1. The van der Waals surface area contributed by atoms with Gasteiger partial charge < -0.3 is 15.8 Å². The first kappa shape index (κ1) is 16.9. The van der Waals surface area contributed by atoms with E-state index in [-0.39, 0.29) is 11.6 Å². The first-order valence-corrected chi connectivity index (χ1v) is 7.70. The number of alkyl carbamates (subject to hydrolysis) is 1. The molecule has 0 saturated carbocycles. The van der Waals surface area contributed by atoms with Crippen molar-refractivity contribution in [2.45, 2.75) is 39.3 Å². The highest BCUT2D eigenvalue weighted by atomic mass is 16.6. The molecule has 0 aromatic heterocycles. The van der Waals surface area contributed by atoms with Crippen LogP contribution in [0.4, 0.5) is 10.5 Å². The zero-order valence-corrected chi connectivity index (χ0v) is 14.1. The van der Waals surface area contributed by atoms with Crippen LogP contribution in [0, 0.1) is 0 Å². The monoisotopic (exact) mass is 312 g/mol. The van der Waals surface area contributed by atoms with Gasteiger partial charge in [-0.05, 0) is 51.0 Å². The molecule has 4 heteroatoms. The molecular weight excluding hydrogens is 288 g/mol. The fourth-order valence-corrected chi connectivity index (χ4v) is 2.36. The molecule has 0 bridgehead atoms. The van der Waals surface area contributed by atoms with Crippen molar-refractivity contribution >= 4 is 11.8 Å². The number of carbonyl (C=O) groups excluding carboxylic acids is 1. The Hall–Kier alpha value is -2.49. The van der Waals surface area contributed by atoms with E-state index in [9.17, 15) is 4.79 Å². The highest BCUT2D eigenvalue weighted by Gasteiger charge is 2.20. The van der Waals surface area contributed by atoms with Gasteiger partial charge in [-0.1, -0.05) is 36.4 Å². The summed E-state index contributed by atoms with van der Waals surface area (Å²) in [5.74, 6) is 0. The van der Waals surface area contributed by atoms with Gasteiger partial charge in [-0.3, -0.25) is 0 Å². The molecule has 0 aliphatic carbocycles. The third-order valence-corrected chi connectivity index (χ3v) is 3.36. The van der Waals surface area contributed by atoms with Gasteiger partial charge in [-0.25, -0.2) is 4.79 Å². The van der Waals surface area contributed by atoms with Gasteiger partial charge in [-0.15, -0.1) is 0 Å². The van der Waals surface area contributed by atoms with Gasteiger partial charge in [-0.2, -0.15) is 0 Å². The van der Waals surface area contributed by atoms with Crippen LogP contribution in [0.2, 0.25) is 0 Å². The van der Waals surface area contributed by atoms with E-state index in [4.69, 9.17) is 10.5 Å². The summed E-state index contributed by atoms with van der Waals surface area (Å²) in [5, 5.41) is 2.80. The standard InChI is InChI=1S/C19H24N2O2/c1-13(23-18(22)21-19(2,3)4)16-11-10-15(20)12-17(16)14-8-6-5-7-9-14/h5-13H,20H2,1-4H3,(H,21,22). The summed E-state index contributed by atoms with van der Waals surface area (Å²) in [5.41, 5.74) is 9.22. The van der Waals surface area contributed by atoms with Crippen LogP contribution in [0.15, 0.2) is 48.5 Å². The Kier molecular flexibility index (Phi) is 4.94. The zero-order chi connectivity index (χ0) is 17.0. The van der Waals surface area contributed by atoms with Crippen LogP contribution in [-0.2, 0) is 4.74 Å². The third-order valence-electron chi connectivity index (χ3n) is 3.36. The van der Waals surface area contributed by atoms with E-state index in [0.29, 0.717) is 5.69 Å². The first-order valence-electron chi connectivity index (χ1n) is 7.70. The number of hydrogen-bond acceptors (Lipinski definition) is 3. The molecule has 0 aliphatic rings. The molecule has 1 atom stereocenters. The van der Waals surface area contributed by atoms with Crippen LogP contribution < -0.4 is 11.1 Å². The second-order valence-corrected chi connectivity index (χ2v) is 6.64. The lowest BCUT2D eigenvalue weighted by Gasteiger charge is -2.23. The first-order chi connectivity index (χ1) is 10.8.